The topological polar surface area (TPSA) is 134 Å². The van der Waals surface area contributed by atoms with Crippen molar-refractivity contribution in [3.05, 3.63) is 65.2 Å². The van der Waals surface area contributed by atoms with Crippen LogP contribution in [0.4, 0.5) is 10.5 Å². The lowest BCUT2D eigenvalue weighted by molar-refractivity contribution is -0.136. The van der Waals surface area contributed by atoms with Crippen LogP contribution in [0.1, 0.15) is 58.4 Å². The van der Waals surface area contributed by atoms with Gasteiger partial charge in [0.25, 0.3) is 11.8 Å². The maximum atomic E-state index is 13.2. The highest BCUT2D eigenvalue weighted by Gasteiger charge is 2.46. The summed E-state index contributed by atoms with van der Waals surface area (Å²) in [5, 5.41) is 5.56. The fourth-order valence-corrected chi connectivity index (χ4v) is 5.15. The first kappa shape index (κ1) is 27.3. The molecule has 1 unspecified atom stereocenters. The summed E-state index contributed by atoms with van der Waals surface area (Å²) >= 11 is 0. The van der Waals surface area contributed by atoms with Crippen LogP contribution < -0.4 is 10.6 Å². The highest BCUT2D eigenvalue weighted by Crippen LogP contribution is 2.35. The van der Waals surface area contributed by atoms with Crippen molar-refractivity contribution >= 4 is 35.4 Å². The second kappa shape index (κ2) is 11.9. The average Bonchev–Trinajstić information content (AvgIpc) is 3.18. The number of amides is 5. The molecule has 5 rings (SSSR count). The zero-order valence-corrected chi connectivity index (χ0v) is 22.3. The Bertz CT molecular complexity index is 1310. The Labute approximate surface area is 231 Å². The smallest absolute Gasteiger partial charge is 0.409 e. The second-order valence-corrected chi connectivity index (χ2v) is 10.3. The van der Waals surface area contributed by atoms with Crippen molar-refractivity contribution in [1.82, 2.24) is 15.1 Å². The Morgan fingerprint density at radius 3 is 2.58 bits per heavy atom. The number of hydrogen-bond donors (Lipinski definition) is 2. The summed E-state index contributed by atoms with van der Waals surface area (Å²) in [7, 11) is 1.70. The standard InChI is InChI=1S/C29H32N4O7/c1-32(29(38)40-17-18-7-3-2-4-8-18)13-6-14-39-20-15-19(16-20)30-22-10-5-9-21-25(22)28(37)33(27(21)36)23-11-12-24(34)31-26(23)35/h2-5,7-10,19-20,23,30H,6,11-17H2,1H3,(H,31,34,35)/t19-,20+,23?. The van der Waals surface area contributed by atoms with E-state index in [1.54, 1.807) is 25.2 Å². The minimum Gasteiger partial charge on any atom is -0.445 e. The lowest BCUT2D eigenvalue weighted by Crippen LogP contribution is -2.54. The molecule has 1 aliphatic carbocycles. The van der Waals surface area contributed by atoms with Crippen LogP contribution in [0, 0.1) is 0 Å². The lowest BCUT2D eigenvalue weighted by atomic mass is 9.88. The molecular weight excluding hydrogens is 516 g/mol. The first-order valence-electron chi connectivity index (χ1n) is 13.5. The summed E-state index contributed by atoms with van der Waals surface area (Å²) in [5.74, 6) is -2.09. The van der Waals surface area contributed by atoms with Crippen molar-refractivity contribution in [1.29, 1.82) is 0 Å². The van der Waals surface area contributed by atoms with Crippen LogP contribution in [-0.4, -0.2) is 77.9 Å². The molecule has 210 valence electrons. The second-order valence-electron chi connectivity index (χ2n) is 10.3. The van der Waals surface area contributed by atoms with Gasteiger partial charge in [-0.1, -0.05) is 36.4 Å². The molecule has 2 N–H and O–H groups in total. The van der Waals surface area contributed by atoms with E-state index >= 15 is 0 Å². The number of benzene rings is 2. The summed E-state index contributed by atoms with van der Waals surface area (Å²) in [6.07, 6.45) is 2.01. The largest absolute Gasteiger partial charge is 0.445 e. The maximum Gasteiger partial charge on any atom is 0.409 e. The van der Waals surface area contributed by atoms with E-state index in [1.165, 1.54) is 4.90 Å². The number of ether oxygens (including phenoxy) is 2. The molecule has 11 nitrogen and oxygen atoms in total. The van der Waals surface area contributed by atoms with E-state index in [-0.39, 0.29) is 48.8 Å². The number of rotatable bonds is 10. The van der Waals surface area contributed by atoms with Gasteiger partial charge in [-0.15, -0.1) is 0 Å². The molecule has 1 saturated heterocycles. The molecule has 2 aromatic rings. The fourth-order valence-electron chi connectivity index (χ4n) is 5.15. The number of nitrogens with one attached hydrogen (secondary N) is 2. The SMILES string of the molecule is CN(CCCO[C@H]1C[C@@H](Nc2cccc3c2C(=O)N(C2CCC(=O)NC2=O)C3=O)C1)C(=O)OCc1ccccc1. The Kier molecular flexibility index (Phi) is 8.11. The van der Waals surface area contributed by atoms with Gasteiger partial charge in [-0.2, -0.15) is 0 Å². The van der Waals surface area contributed by atoms with Crippen molar-refractivity contribution in [3.63, 3.8) is 0 Å². The van der Waals surface area contributed by atoms with E-state index in [0.717, 1.165) is 23.3 Å². The molecule has 11 heteroatoms. The van der Waals surface area contributed by atoms with E-state index in [4.69, 9.17) is 9.47 Å². The number of nitrogens with zero attached hydrogens (tertiary/aromatic N) is 2. The van der Waals surface area contributed by atoms with Gasteiger partial charge in [0.05, 0.1) is 17.2 Å². The number of carbonyl (C=O) groups is 5. The van der Waals surface area contributed by atoms with Gasteiger partial charge in [-0.05, 0) is 43.4 Å². The van der Waals surface area contributed by atoms with E-state index in [0.29, 0.717) is 25.3 Å². The lowest BCUT2D eigenvalue weighted by Gasteiger charge is -2.36. The summed E-state index contributed by atoms with van der Waals surface area (Å²) in [5.41, 5.74) is 1.98. The molecule has 2 aromatic carbocycles. The third kappa shape index (κ3) is 5.84. The monoisotopic (exact) mass is 548 g/mol. The van der Waals surface area contributed by atoms with Gasteiger partial charge in [-0.3, -0.25) is 29.4 Å². The van der Waals surface area contributed by atoms with Gasteiger partial charge >= 0.3 is 6.09 Å². The summed E-state index contributed by atoms with van der Waals surface area (Å²) in [4.78, 5) is 64.7. The molecule has 2 heterocycles. The van der Waals surface area contributed by atoms with Crippen molar-refractivity contribution in [2.45, 2.75) is 56.9 Å². The van der Waals surface area contributed by atoms with Crippen molar-refractivity contribution in [2.75, 3.05) is 25.5 Å². The van der Waals surface area contributed by atoms with E-state index < -0.39 is 29.7 Å². The Hall–Kier alpha value is -4.25. The quantitative estimate of drug-likeness (QED) is 0.342. The number of piperidine rings is 1. The molecule has 0 aromatic heterocycles. The van der Waals surface area contributed by atoms with Crippen LogP contribution in [-0.2, 0) is 25.7 Å². The Balaban J connectivity index is 1.05. The molecule has 1 atom stereocenters. The zero-order valence-electron chi connectivity index (χ0n) is 22.3. The minimum absolute atomic E-state index is 0.0573. The third-order valence-electron chi connectivity index (χ3n) is 7.43. The van der Waals surface area contributed by atoms with E-state index in [2.05, 4.69) is 10.6 Å². The molecule has 0 bridgehead atoms. The highest BCUT2D eigenvalue weighted by molar-refractivity contribution is 6.25. The van der Waals surface area contributed by atoms with Crippen LogP contribution >= 0.6 is 0 Å². The van der Waals surface area contributed by atoms with E-state index in [1.807, 2.05) is 30.3 Å². The molecule has 1 saturated carbocycles. The van der Waals surface area contributed by atoms with Crippen molar-refractivity contribution in [2.24, 2.45) is 0 Å². The van der Waals surface area contributed by atoms with Crippen LogP contribution in [0.5, 0.6) is 0 Å². The van der Waals surface area contributed by atoms with Crippen LogP contribution in [0.3, 0.4) is 0 Å². The van der Waals surface area contributed by atoms with Gasteiger partial charge in [0.1, 0.15) is 12.6 Å². The van der Waals surface area contributed by atoms with Crippen LogP contribution in [0.25, 0.3) is 0 Å². The minimum atomic E-state index is -0.996. The summed E-state index contributed by atoms with van der Waals surface area (Å²) < 4.78 is 11.3. The van der Waals surface area contributed by atoms with Gasteiger partial charge in [0.15, 0.2) is 0 Å². The zero-order chi connectivity index (χ0) is 28.2. The molecule has 5 amide bonds. The Morgan fingerprint density at radius 2 is 1.82 bits per heavy atom. The Morgan fingerprint density at radius 1 is 1.05 bits per heavy atom. The summed E-state index contributed by atoms with van der Waals surface area (Å²) in [6.45, 7) is 1.25. The third-order valence-corrected chi connectivity index (χ3v) is 7.43. The fraction of sp³-hybridized carbons (Fsp3) is 0.414. The first-order valence-corrected chi connectivity index (χ1v) is 13.5. The molecular formula is C29H32N4O7. The number of imide groups is 2. The number of fused-ring (bicyclic) bond motifs is 1. The number of hydrogen-bond acceptors (Lipinski definition) is 8. The highest BCUT2D eigenvalue weighted by atomic mass is 16.6. The first-order chi connectivity index (χ1) is 19.3. The number of anilines is 1. The normalized spacial score (nSPS) is 21.9. The van der Waals surface area contributed by atoms with Gasteiger partial charge in [-0.25, -0.2) is 4.79 Å². The van der Waals surface area contributed by atoms with Gasteiger partial charge in [0.2, 0.25) is 11.8 Å². The molecule has 0 radical (unpaired) electrons. The molecule has 2 fully saturated rings. The van der Waals surface area contributed by atoms with Crippen LogP contribution in [0.2, 0.25) is 0 Å². The molecule has 0 spiro atoms. The van der Waals surface area contributed by atoms with E-state index in [9.17, 15) is 24.0 Å². The molecule has 3 aliphatic rings. The van der Waals surface area contributed by atoms with Crippen molar-refractivity contribution < 1.29 is 33.4 Å². The van der Waals surface area contributed by atoms with Crippen molar-refractivity contribution in [3.8, 4) is 0 Å². The molecule has 40 heavy (non-hydrogen) atoms. The summed E-state index contributed by atoms with van der Waals surface area (Å²) in [6, 6.07) is 13.6. The average molecular weight is 549 g/mol. The predicted molar refractivity (Wildman–Crippen MR) is 143 cm³/mol. The maximum absolute atomic E-state index is 13.2. The predicted octanol–water partition coefficient (Wildman–Crippen LogP) is 2.71. The van der Waals surface area contributed by atoms with Crippen LogP contribution in [0.15, 0.2) is 48.5 Å². The number of carbonyl (C=O) groups excluding carboxylic acids is 5. The van der Waals surface area contributed by atoms with Gasteiger partial charge in [0, 0.05) is 38.3 Å². The molecule has 2 aliphatic heterocycles. The van der Waals surface area contributed by atoms with Gasteiger partial charge < -0.3 is 19.7 Å².